The van der Waals surface area contributed by atoms with E-state index in [4.69, 9.17) is 24.7 Å². The molecule has 10 nitrogen and oxygen atoms in total. The minimum Gasteiger partial charge on any atom is -0.487 e. The molecule has 1 N–H and O–H groups in total. The molecule has 0 radical (unpaired) electrons. The summed E-state index contributed by atoms with van der Waals surface area (Å²) < 4.78 is 13.8. The van der Waals surface area contributed by atoms with E-state index in [9.17, 15) is 9.90 Å². The molecule has 7 rings (SSSR count). The van der Waals surface area contributed by atoms with Gasteiger partial charge in [0.1, 0.15) is 24.0 Å². The molecule has 5 heterocycles. The van der Waals surface area contributed by atoms with Crippen LogP contribution in [-0.4, -0.2) is 68.4 Å². The normalized spacial score (nSPS) is 21.7. The van der Waals surface area contributed by atoms with Crippen molar-refractivity contribution in [3.8, 4) is 11.8 Å². The molecule has 3 aliphatic rings. The van der Waals surface area contributed by atoms with Crippen molar-refractivity contribution in [3.05, 3.63) is 83.3 Å². The number of anilines is 1. The molecule has 4 aromatic rings. The van der Waals surface area contributed by atoms with Crippen molar-refractivity contribution in [2.75, 3.05) is 24.6 Å². The Bertz CT molecular complexity index is 1640. The highest BCUT2D eigenvalue weighted by Crippen LogP contribution is 2.35. The van der Waals surface area contributed by atoms with Crippen molar-refractivity contribution in [2.24, 2.45) is 0 Å². The molecule has 3 atom stereocenters. The second kappa shape index (κ2) is 11.1. The lowest BCUT2D eigenvalue weighted by Gasteiger charge is -2.42. The average molecular weight is 565 g/mol. The number of hydrogen-bond acceptors (Lipinski definition) is 8. The fourth-order valence-corrected chi connectivity index (χ4v) is 6.43. The fraction of sp³-hybridized carbons (Fsp3) is 0.375. The number of aromatic nitrogens is 3. The van der Waals surface area contributed by atoms with Crippen LogP contribution in [0.25, 0.3) is 11.0 Å². The number of nitrogens with zero attached hydrogens (tertiary/aromatic N) is 6. The number of benzene rings is 2. The molecule has 214 valence electrons. The highest BCUT2D eigenvalue weighted by atomic mass is 16.5. The van der Waals surface area contributed by atoms with Gasteiger partial charge in [-0.25, -0.2) is 14.8 Å². The molecular weight excluding hydrogens is 532 g/mol. The number of nitriles is 1. The first-order chi connectivity index (χ1) is 20.5. The summed E-state index contributed by atoms with van der Waals surface area (Å²) in [7, 11) is 0. The SMILES string of the molecule is N#Cc1ccc(OCc2cccc(N3C4CCC3CN(Cc3nc5ccc(C(=O)O)cc5n3C[C@@H]3CCO3)C4)n2)cc1. The smallest absolute Gasteiger partial charge is 0.335 e. The van der Waals surface area contributed by atoms with Gasteiger partial charge < -0.3 is 24.0 Å². The van der Waals surface area contributed by atoms with Gasteiger partial charge in [0.25, 0.3) is 0 Å². The first-order valence-corrected chi connectivity index (χ1v) is 14.5. The first-order valence-electron chi connectivity index (χ1n) is 14.5. The molecule has 2 aromatic heterocycles. The zero-order chi connectivity index (χ0) is 28.6. The third-order valence-corrected chi connectivity index (χ3v) is 8.60. The number of aromatic carboxylic acids is 1. The number of likely N-dealkylation sites (tertiary alicyclic amines) is 1. The van der Waals surface area contributed by atoms with Crippen LogP contribution in [0.2, 0.25) is 0 Å². The van der Waals surface area contributed by atoms with E-state index >= 15 is 0 Å². The summed E-state index contributed by atoms with van der Waals surface area (Å²) in [6, 6.07) is 21.2. The lowest BCUT2D eigenvalue weighted by molar-refractivity contribution is -0.0592. The number of fused-ring (bicyclic) bond motifs is 3. The van der Waals surface area contributed by atoms with E-state index in [0.29, 0.717) is 43.1 Å². The van der Waals surface area contributed by atoms with Gasteiger partial charge in [-0.15, -0.1) is 0 Å². The largest absolute Gasteiger partial charge is 0.487 e. The minimum absolute atomic E-state index is 0.141. The summed E-state index contributed by atoms with van der Waals surface area (Å²) in [4.78, 5) is 26.5. The van der Waals surface area contributed by atoms with Crippen molar-refractivity contribution in [2.45, 2.75) is 57.1 Å². The second-order valence-electron chi connectivity index (χ2n) is 11.3. The van der Waals surface area contributed by atoms with E-state index < -0.39 is 5.97 Å². The number of carboxylic acid groups (broad SMARTS) is 1. The molecule has 0 aliphatic carbocycles. The van der Waals surface area contributed by atoms with Crippen molar-refractivity contribution >= 4 is 22.8 Å². The summed E-state index contributed by atoms with van der Waals surface area (Å²) >= 11 is 0. The summed E-state index contributed by atoms with van der Waals surface area (Å²) in [6.45, 7) is 4.34. The number of ether oxygens (including phenoxy) is 2. The van der Waals surface area contributed by atoms with Gasteiger partial charge in [-0.05, 0) is 73.9 Å². The molecule has 3 fully saturated rings. The molecule has 2 unspecified atom stereocenters. The zero-order valence-corrected chi connectivity index (χ0v) is 23.2. The third-order valence-electron chi connectivity index (χ3n) is 8.60. The summed E-state index contributed by atoms with van der Waals surface area (Å²) in [5.74, 6) is 1.72. The number of rotatable bonds is 9. The topological polar surface area (TPSA) is 117 Å². The lowest BCUT2D eigenvalue weighted by Crippen LogP contribution is -2.54. The zero-order valence-electron chi connectivity index (χ0n) is 23.2. The molecule has 10 heteroatoms. The van der Waals surface area contributed by atoms with Crippen LogP contribution in [0.15, 0.2) is 60.7 Å². The van der Waals surface area contributed by atoms with Crippen LogP contribution in [0.5, 0.6) is 5.75 Å². The quantitative estimate of drug-likeness (QED) is 0.319. The average Bonchev–Trinajstić information content (AvgIpc) is 3.46. The summed E-state index contributed by atoms with van der Waals surface area (Å²) in [5, 5.41) is 18.6. The van der Waals surface area contributed by atoms with Crippen LogP contribution in [0, 0.1) is 11.3 Å². The number of pyridine rings is 1. The Morgan fingerprint density at radius 2 is 1.83 bits per heavy atom. The van der Waals surface area contributed by atoms with E-state index in [0.717, 1.165) is 67.3 Å². The minimum atomic E-state index is -0.933. The molecule has 2 aromatic carbocycles. The van der Waals surface area contributed by atoms with Gasteiger partial charge >= 0.3 is 5.97 Å². The van der Waals surface area contributed by atoms with Crippen LogP contribution in [0.4, 0.5) is 5.82 Å². The maximum Gasteiger partial charge on any atom is 0.335 e. The van der Waals surface area contributed by atoms with E-state index in [1.807, 2.05) is 18.2 Å². The Balaban J connectivity index is 1.06. The predicted molar refractivity (Wildman–Crippen MR) is 155 cm³/mol. The molecule has 2 bridgehead atoms. The molecule has 0 saturated carbocycles. The molecule has 0 spiro atoms. The van der Waals surface area contributed by atoms with Gasteiger partial charge in [-0.2, -0.15) is 5.26 Å². The number of carbonyl (C=O) groups is 1. The van der Waals surface area contributed by atoms with Gasteiger partial charge in [-0.3, -0.25) is 4.90 Å². The van der Waals surface area contributed by atoms with E-state index in [1.165, 1.54) is 0 Å². The standard InChI is InChI=1S/C32H32N6O4/c33-15-21-4-9-26(10-5-21)42-20-23-2-1-3-30(34-23)38-24-7-8-25(38)17-36(16-24)19-31-35-28-11-6-22(32(39)40)14-29(28)37(31)18-27-12-13-41-27/h1-6,9-11,14,24-25,27H,7-8,12-13,16-20H2,(H,39,40)/t24?,25?,27-/m0/s1. The Morgan fingerprint density at radius 1 is 1.05 bits per heavy atom. The van der Waals surface area contributed by atoms with Crippen LogP contribution in [0.1, 0.15) is 46.7 Å². The number of imidazole rings is 1. The summed E-state index contributed by atoms with van der Waals surface area (Å²) in [6.07, 6.45) is 3.37. The van der Waals surface area contributed by atoms with Crippen molar-refractivity contribution < 1.29 is 19.4 Å². The van der Waals surface area contributed by atoms with Crippen LogP contribution >= 0.6 is 0 Å². The van der Waals surface area contributed by atoms with Crippen molar-refractivity contribution in [1.82, 2.24) is 19.4 Å². The van der Waals surface area contributed by atoms with E-state index in [2.05, 4.69) is 26.5 Å². The molecule has 42 heavy (non-hydrogen) atoms. The monoisotopic (exact) mass is 564 g/mol. The molecule has 0 amide bonds. The van der Waals surface area contributed by atoms with Crippen molar-refractivity contribution in [1.29, 1.82) is 5.26 Å². The third kappa shape index (κ3) is 5.17. The highest BCUT2D eigenvalue weighted by molar-refractivity contribution is 5.92. The second-order valence-corrected chi connectivity index (χ2v) is 11.3. The Hall–Kier alpha value is -4.46. The van der Waals surface area contributed by atoms with Crippen molar-refractivity contribution in [3.63, 3.8) is 0 Å². The Morgan fingerprint density at radius 3 is 2.52 bits per heavy atom. The number of hydrogen-bond donors (Lipinski definition) is 1. The van der Waals surface area contributed by atoms with Crippen LogP contribution in [0.3, 0.4) is 0 Å². The maximum absolute atomic E-state index is 11.7. The van der Waals surface area contributed by atoms with Crippen LogP contribution in [-0.2, 0) is 24.4 Å². The van der Waals surface area contributed by atoms with Gasteiger partial charge in [0, 0.05) is 31.8 Å². The molecule has 3 aliphatic heterocycles. The van der Waals surface area contributed by atoms with Gasteiger partial charge in [-0.1, -0.05) is 6.07 Å². The maximum atomic E-state index is 11.7. The van der Waals surface area contributed by atoms with Gasteiger partial charge in [0.15, 0.2) is 0 Å². The lowest BCUT2D eigenvalue weighted by atomic mass is 10.1. The highest BCUT2D eigenvalue weighted by Gasteiger charge is 2.41. The van der Waals surface area contributed by atoms with Gasteiger partial charge in [0.05, 0.1) is 53.1 Å². The summed E-state index contributed by atoms with van der Waals surface area (Å²) in [5.41, 5.74) is 3.42. The van der Waals surface area contributed by atoms with E-state index in [1.54, 1.807) is 36.4 Å². The molecular formula is C32H32N6O4. The first kappa shape index (κ1) is 26.4. The fourth-order valence-electron chi connectivity index (χ4n) is 6.43. The predicted octanol–water partition coefficient (Wildman–Crippen LogP) is 4.22. The Kier molecular flexibility index (Phi) is 6.98. The van der Waals surface area contributed by atoms with Crippen LogP contribution < -0.4 is 9.64 Å². The van der Waals surface area contributed by atoms with Gasteiger partial charge in [0.2, 0.25) is 0 Å². The number of carboxylic acids is 1. The molecule has 3 saturated heterocycles. The Labute approximate surface area is 243 Å². The van der Waals surface area contributed by atoms with E-state index in [-0.39, 0.29) is 11.7 Å². The number of piperazine rings is 1.